The van der Waals surface area contributed by atoms with Gasteiger partial charge in [-0.25, -0.2) is 0 Å². The summed E-state index contributed by atoms with van der Waals surface area (Å²) < 4.78 is 5.66. The van der Waals surface area contributed by atoms with Crippen LogP contribution < -0.4 is 4.74 Å². The van der Waals surface area contributed by atoms with Crippen molar-refractivity contribution in [3.8, 4) is 5.75 Å². The van der Waals surface area contributed by atoms with E-state index in [1.165, 1.54) is 25.9 Å². The van der Waals surface area contributed by atoms with E-state index in [1.807, 2.05) is 12.1 Å². The van der Waals surface area contributed by atoms with E-state index in [1.54, 1.807) is 12.1 Å². The second-order valence-electron chi connectivity index (χ2n) is 4.62. The first-order chi connectivity index (χ1) is 8.74. The summed E-state index contributed by atoms with van der Waals surface area (Å²) in [5.41, 5.74) is 0.779. The molecule has 1 aliphatic rings. The van der Waals surface area contributed by atoms with Crippen LogP contribution >= 0.6 is 0 Å². The molecule has 2 rings (SSSR count). The zero-order valence-electron chi connectivity index (χ0n) is 10.5. The molecule has 4 nitrogen and oxygen atoms in total. The molecule has 0 unspecified atom stereocenters. The van der Waals surface area contributed by atoms with E-state index >= 15 is 0 Å². The van der Waals surface area contributed by atoms with Crippen molar-refractivity contribution in [1.29, 1.82) is 0 Å². The van der Waals surface area contributed by atoms with Crippen LogP contribution in [0.15, 0.2) is 24.3 Å². The fourth-order valence-corrected chi connectivity index (χ4v) is 2.22. The first-order valence-electron chi connectivity index (χ1n) is 6.40. The summed E-state index contributed by atoms with van der Waals surface area (Å²) in [6.07, 6.45) is 2.62. The van der Waals surface area contributed by atoms with Crippen molar-refractivity contribution in [2.75, 3.05) is 26.2 Å². The highest BCUT2D eigenvalue weighted by molar-refractivity contribution is 5.70. The number of carboxylic acids is 1. The lowest BCUT2D eigenvalue weighted by atomic mass is 10.1. The van der Waals surface area contributed by atoms with Gasteiger partial charge in [-0.2, -0.15) is 0 Å². The zero-order chi connectivity index (χ0) is 12.8. The van der Waals surface area contributed by atoms with Gasteiger partial charge in [0, 0.05) is 6.54 Å². The van der Waals surface area contributed by atoms with Crippen LogP contribution in [0.4, 0.5) is 0 Å². The SMILES string of the molecule is O=C(O)Cc1cccc(OCCN2CCCC2)c1. The summed E-state index contributed by atoms with van der Waals surface area (Å²) in [6, 6.07) is 7.32. The van der Waals surface area contributed by atoms with Gasteiger partial charge in [-0.1, -0.05) is 12.1 Å². The number of carbonyl (C=O) groups is 1. The van der Waals surface area contributed by atoms with Gasteiger partial charge in [-0.3, -0.25) is 9.69 Å². The Kier molecular flexibility index (Phi) is 4.59. The average molecular weight is 249 g/mol. The zero-order valence-corrected chi connectivity index (χ0v) is 10.5. The fourth-order valence-electron chi connectivity index (χ4n) is 2.22. The highest BCUT2D eigenvalue weighted by Crippen LogP contribution is 2.14. The Balaban J connectivity index is 1.79. The molecule has 1 N–H and O–H groups in total. The van der Waals surface area contributed by atoms with Gasteiger partial charge in [-0.15, -0.1) is 0 Å². The lowest BCUT2D eigenvalue weighted by Crippen LogP contribution is -2.25. The molecule has 98 valence electrons. The Morgan fingerprint density at radius 3 is 2.83 bits per heavy atom. The largest absolute Gasteiger partial charge is 0.492 e. The summed E-state index contributed by atoms with van der Waals surface area (Å²) in [6.45, 7) is 3.95. The van der Waals surface area contributed by atoms with Gasteiger partial charge in [0.2, 0.25) is 0 Å². The van der Waals surface area contributed by atoms with Crippen LogP contribution in [-0.2, 0) is 11.2 Å². The molecule has 0 saturated carbocycles. The Morgan fingerprint density at radius 2 is 2.11 bits per heavy atom. The maximum absolute atomic E-state index is 10.6. The maximum Gasteiger partial charge on any atom is 0.307 e. The molecular formula is C14H19NO3. The van der Waals surface area contributed by atoms with E-state index in [9.17, 15) is 4.79 Å². The van der Waals surface area contributed by atoms with Crippen molar-refractivity contribution in [2.24, 2.45) is 0 Å². The minimum absolute atomic E-state index is 0.0450. The molecule has 1 fully saturated rings. The third-order valence-corrected chi connectivity index (χ3v) is 3.13. The van der Waals surface area contributed by atoms with Gasteiger partial charge in [0.1, 0.15) is 12.4 Å². The molecule has 1 aliphatic heterocycles. The monoisotopic (exact) mass is 249 g/mol. The van der Waals surface area contributed by atoms with Crippen molar-refractivity contribution < 1.29 is 14.6 Å². The van der Waals surface area contributed by atoms with Gasteiger partial charge in [-0.05, 0) is 43.6 Å². The van der Waals surface area contributed by atoms with Crippen LogP contribution in [0.2, 0.25) is 0 Å². The molecule has 0 spiro atoms. The molecule has 0 bridgehead atoms. The number of rotatable bonds is 6. The standard InChI is InChI=1S/C14H19NO3/c16-14(17)11-12-4-3-5-13(10-12)18-9-8-15-6-1-2-7-15/h3-5,10H,1-2,6-9,11H2,(H,16,17). The van der Waals surface area contributed by atoms with Gasteiger partial charge in [0.05, 0.1) is 6.42 Å². The maximum atomic E-state index is 10.6. The normalized spacial score (nSPS) is 15.8. The van der Waals surface area contributed by atoms with Crippen LogP contribution in [-0.4, -0.2) is 42.2 Å². The van der Waals surface area contributed by atoms with Crippen LogP contribution in [0.25, 0.3) is 0 Å². The molecule has 0 aromatic heterocycles. The molecule has 18 heavy (non-hydrogen) atoms. The second-order valence-corrected chi connectivity index (χ2v) is 4.62. The number of ether oxygens (including phenoxy) is 1. The van der Waals surface area contributed by atoms with Crippen molar-refractivity contribution in [3.63, 3.8) is 0 Å². The van der Waals surface area contributed by atoms with E-state index in [0.29, 0.717) is 6.61 Å². The molecule has 0 aliphatic carbocycles. The number of hydrogen-bond donors (Lipinski definition) is 1. The number of nitrogens with zero attached hydrogens (tertiary/aromatic N) is 1. The van der Waals surface area contributed by atoms with E-state index in [-0.39, 0.29) is 6.42 Å². The van der Waals surface area contributed by atoms with Crippen molar-refractivity contribution in [1.82, 2.24) is 4.90 Å². The van der Waals surface area contributed by atoms with Crippen LogP contribution in [0.1, 0.15) is 18.4 Å². The Hall–Kier alpha value is -1.55. The van der Waals surface area contributed by atoms with Gasteiger partial charge in [0.15, 0.2) is 0 Å². The van der Waals surface area contributed by atoms with Crippen LogP contribution in [0.5, 0.6) is 5.75 Å². The quantitative estimate of drug-likeness (QED) is 0.835. The summed E-state index contributed by atoms with van der Waals surface area (Å²) >= 11 is 0. The lowest BCUT2D eigenvalue weighted by Gasteiger charge is -2.15. The van der Waals surface area contributed by atoms with E-state index in [4.69, 9.17) is 9.84 Å². The Bertz CT molecular complexity index is 400. The van der Waals surface area contributed by atoms with Crippen LogP contribution in [0, 0.1) is 0 Å². The molecule has 1 heterocycles. The number of carboxylic acid groups (broad SMARTS) is 1. The molecule has 1 aromatic rings. The van der Waals surface area contributed by atoms with E-state index in [0.717, 1.165) is 17.9 Å². The molecule has 1 saturated heterocycles. The topological polar surface area (TPSA) is 49.8 Å². The highest BCUT2D eigenvalue weighted by atomic mass is 16.5. The first-order valence-corrected chi connectivity index (χ1v) is 6.40. The molecule has 1 aromatic carbocycles. The number of likely N-dealkylation sites (tertiary alicyclic amines) is 1. The highest BCUT2D eigenvalue weighted by Gasteiger charge is 2.10. The van der Waals surface area contributed by atoms with Gasteiger partial charge < -0.3 is 9.84 Å². The third-order valence-electron chi connectivity index (χ3n) is 3.13. The van der Waals surface area contributed by atoms with Gasteiger partial charge >= 0.3 is 5.97 Å². The van der Waals surface area contributed by atoms with E-state index in [2.05, 4.69) is 4.90 Å². The summed E-state index contributed by atoms with van der Waals surface area (Å²) in [5, 5.41) is 8.73. The minimum Gasteiger partial charge on any atom is -0.492 e. The number of benzene rings is 1. The molecule has 0 amide bonds. The average Bonchev–Trinajstić information content (AvgIpc) is 2.82. The Labute approximate surface area is 107 Å². The fraction of sp³-hybridized carbons (Fsp3) is 0.500. The Morgan fingerprint density at radius 1 is 1.33 bits per heavy atom. The predicted octanol–water partition coefficient (Wildman–Crippen LogP) is 1.79. The van der Waals surface area contributed by atoms with Crippen molar-refractivity contribution in [2.45, 2.75) is 19.3 Å². The number of hydrogen-bond acceptors (Lipinski definition) is 3. The summed E-state index contributed by atoms with van der Waals surface area (Å²) in [5.74, 6) is -0.0582. The first kappa shape index (κ1) is 12.9. The van der Waals surface area contributed by atoms with Gasteiger partial charge in [0.25, 0.3) is 0 Å². The van der Waals surface area contributed by atoms with Crippen LogP contribution in [0.3, 0.4) is 0 Å². The minimum atomic E-state index is -0.816. The molecule has 4 heteroatoms. The van der Waals surface area contributed by atoms with E-state index < -0.39 is 5.97 Å². The smallest absolute Gasteiger partial charge is 0.307 e. The molecular weight excluding hydrogens is 230 g/mol. The predicted molar refractivity (Wildman–Crippen MR) is 69.0 cm³/mol. The summed E-state index contributed by atoms with van der Waals surface area (Å²) in [4.78, 5) is 13.0. The lowest BCUT2D eigenvalue weighted by molar-refractivity contribution is -0.136. The molecule has 0 atom stereocenters. The summed E-state index contributed by atoms with van der Waals surface area (Å²) in [7, 11) is 0. The third kappa shape index (κ3) is 4.04. The number of aliphatic carboxylic acids is 1. The van der Waals surface area contributed by atoms with Crippen molar-refractivity contribution in [3.05, 3.63) is 29.8 Å². The second kappa shape index (κ2) is 6.40. The molecule has 0 radical (unpaired) electrons. The van der Waals surface area contributed by atoms with Crippen molar-refractivity contribution >= 4 is 5.97 Å².